The van der Waals surface area contributed by atoms with E-state index in [4.69, 9.17) is 4.74 Å². The van der Waals surface area contributed by atoms with Gasteiger partial charge in [0.2, 0.25) is 5.91 Å². The van der Waals surface area contributed by atoms with Gasteiger partial charge in [-0.1, -0.05) is 48.5 Å². The molecule has 0 atom stereocenters. The summed E-state index contributed by atoms with van der Waals surface area (Å²) in [5.74, 6) is 0.350. The molecule has 0 radical (unpaired) electrons. The fraction of sp³-hybridized carbons (Fsp3) is 0.174. The molecule has 7 heteroatoms. The number of carbonyl (C=O) groups is 1. The van der Waals surface area contributed by atoms with Crippen LogP contribution in [0.15, 0.2) is 77.7 Å². The maximum absolute atomic E-state index is 13.2. The third kappa shape index (κ3) is 3.76. The molecule has 4 rings (SSSR count). The van der Waals surface area contributed by atoms with Crippen LogP contribution in [0.1, 0.15) is 12.5 Å². The zero-order valence-electron chi connectivity index (χ0n) is 16.5. The Morgan fingerprint density at radius 1 is 0.967 bits per heavy atom. The second kappa shape index (κ2) is 8.20. The van der Waals surface area contributed by atoms with Crippen LogP contribution in [-0.2, 0) is 21.4 Å². The summed E-state index contributed by atoms with van der Waals surface area (Å²) >= 11 is 0. The van der Waals surface area contributed by atoms with E-state index in [0.29, 0.717) is 17.9 Å². The van der Waals surface area contributed by atoms with E-state index in [1.54, 1.807) is 30.3 Å². The van der Waals surface area contributed by atoms with Gasteiger partial charge in [0.25, 0.3) is 10.0 Å². The number of nitrogens with zero attached hydrogens (tertiary/aromatic N) is 1. The van der Waals surface area contributed by atoms with Gasteiger partial charge in [0.15, 0.2) is 0 Å². The number of carbonyl (C=O) groups excluding carboxylic acids is 1. The second-order valence-electron chi connectivity index (χ2n) is 6.88. The average Bonchev–Trinajstić information content (AvgIpc) is 2.76. The Morgan fingerprint density at radius 2 is 1.70 bits per heavy atom. The highest BCUT2D eigenvalue weighted by molar-refractivity contribution is 7.93. The SMILES string of the molecule is CCOc1cccc(CNC(=O)CN2c3ccccc3-c3ccccc3S2(=O)=O)c1. The third-order valence-electron chi connectivity index (χ3n) is 4.90. The highest BCUT2D eigenvalue weighted by Crippen LogP contribution is 2.42. The number of sulfonamides is 1. The largest absolute Gasteiger partial charge is 0.494 e. The lowest BCUT2D eigenvalue weighted by molar-refractivity contribution is -0.119. The molecule has 1 heterocycles. The molecule has 3 aromatic carbocycles. The van der Waals surface area contributed by atoms with Crippen molar-refractivity contribution < 1.29 is 17.9 Å². The molecule has 154 valence electrons. The summed E-state index contributed by atoms with van der Waals surface area (Å²) in [5.41, 5.74) is 2.82. The third-order valence-corrected chi connectivity index (χ3v) is 6.72. The van der Waals surface area contributed by atoms with Gasteiger partial charge >= 0.3 is 0 Å². The van der Waals surface area contributed by atoms with Gasteiger partial charge in [-0.15, -0.1) is 0 Å². The first kappa shape index (κ1) is 20.0. The lowest BCUT2D eigenvalue weighted by atomic mass is 10.0. The quantitative estimate of drug-likeness (QED) is 0.659. The van der Waals surface area contributed by atoms with Gasteiger partial charge < -0.3 is 10.1 Å². The molecule has 0 spiro atoms. The van der Waals surface area contributed by atoms with Crippen molar-refractivity contribution in [1.29, 1.82) is 0 Å². The molecule has 0 unspecified atom stereocenters. The second-order valence-corrected chi connectivity index (χ2v) is 8.71. The van der Waals surface area contributed by atoms with Crippen molar-refractivity contribution in [3.8, 4) is 16.9 Å². The van der Waals surface area contributed by atoms with Crippen LogP contribution in [0.4, 0.5) is 5.69 Å². The highest BCUT2D eigenvalue weighted by Gasteiger charge is 2.35. The van der Waals surface area contributed by atoms with Crippen molar-refractivity contribution in [3.05, 3.63) is 78.4 Å². The van der Waals surface area contributed by atoms with Crippen molar-refractivity contribution in [2.24, 2.45) is 0 Å². The molecule has 1 amide bonds. The van der Waals surface area contributed by atoms with E-state index in [1.165, 1.54) is 4.31 Å². The van der Waals surface area contributed by atoms with Gasteiger partial charge in [-0.25, -0.2) is 8.42 Å². The van der Waals surface area contributed by atoms with Crippen LogP contribution in [-0.4, -0.2) is 27.5 Å². The minimum absolute atomic E-state index is 0.209. The Balaban J connectivity index is 1.55. The Hall–Kier alpha value is -3.32. The van der Waals surface area contributed by atoms with Gasteiger partial charge in [0.1, 0.15) is 12.3 Å². The monoisotopic (exact) mass is 422 g/mol. The highest BCUT2D eigenvalue weighted by atomic mass is 32.2. The fourth-order valence-electron chi connectivity index (χ4n) is 3.55. The van der Waals surface area contributed by atoms with Crippen LogP contribution in [0, 0.1) is 0 Å². The minimum Gasteiger partial charge on any atom is -0.494 e. The van der Waals surface area contributed by atoms with E-state index in [1.807, 2.05) is 49.4 Å². The summed E-state index contributed by atoms with van der Waals surface area (Å²) in [4.78, 5) is 12.9. The standard InChI is InChI=1S/C23H22N2O4S/c1-2-29-18-9-7-8-17(14-18)15-24-23(26)16-25-21-12-5-3-10-19(21)20-11-4-6-13-22(20)30(25,27)28/h3-14H,2,15-16H2,1H3,(H,24,26). The lowest BCUT2D eigenvalue weighted by Gasteiger charge is -2.31. The van der Waals surface area contributed by atoms with Crippen LogP contribution in [0.25, 0.3) is 11.1 Å². The average molecular weight is 423 g/mol. The van der Waals surface area contributed by atoms with Crippen molar-refractivity contribution in [2.45, 2.75) is 18.4 Å². The molecule has 6 nitrogen and oxygen atoms in total. The maximum atomic E-state index is 13.2. The van der Waals surface area contributed by atoms with Crippen LogP contribution in [0.5, 0.6) is 5.75 Å². The van der Waals surface area contributed by atoms with Crippen LogP contribution in [0.2, 0.25) is 0 Å². The number of fused-ring (bicyclic) bond motifs is 3. The molecule has 0 bridgehead atoms. The molecule has 30 heavy (non-hydrogen) atoms. The van der Waals surface area contributed by atoms with Crippen molar-refractivity contribution in [2.75, 3.05) is 17.5 Å². The number of anilines is 1. The van der Waals surface area contributed by atoms with E-state index in [9.17, 15) is 13.2 Å². The molecule has 1 aliphatic rings. The number of hydrogen-bond acceptors (Lipinski definition) is 4. The number of amides is 1. The number of nitrogens with one attached hydrogen (secondary N) is 1. The first-order valence-corrected chi connectivity index (χ1v) is 11.1. The topological polar surface area (TPSA) is 75.7 Å². The Bertz CT molecular complexity index is 1190. The number of ether oxygens (including phenoxy) is 1. The molecule has 0 saturated carbocycles. The fourth-order valence-corrected chi connectivity index (χ4v) is 5.20. The summed E-state index contributed by atoms with van der Waals surface area (Å²) in [6.45, 7) is 2.46. The first-order chi connectivity index (χ1) is 14.5. The molecule has 0 fully saturated rings. The van der Waals surface area contributed by atoms with Crippen molar-refractivity contribution in [3.63, 3.8) is 0 Å². The molecular formula is C23H22N2O4S. The van der Waals surface area contributed by atoms with E-state index in [0.717, 1.165) is 16.9 Å². The smallest absolute Gasteiger partial charge is 0.265 e. The van der Waals surface area contributed by atoms with E-state index >= 15 is 0 Å². The van der Waals surface area contributed by atoms with Gasteiger partial charge in [0, 0.05) is 17.7 Å². The lowest BCUT2D eigenvalue weighted by Crippen LogP contribution is -2.42. The van der Waals surface area contributed by atoms with Crippen LogP contribution < -0.4 is 14.4 Å². The summed E-state index contributed by atoms with van der Waals surface area (Å²) in [6.07, 6.45) is 0. The van der Waals surface area contributed by atoms with Gasteiger partial charge in [-0.3, -0.25) is 9.10 Å². The summed E-state index contributed by atoms with van der Waals surface area (Å²) in [7, 11) is -3.84. The van der Waals surface area contributed by atoms with Gasteiger partial charge in [-0.05, 0) is 36.8 Å². The summed E-state index contributed by atoms with van der Waals surface area (Å²) in [5, 5.41) is 2.81. The molecule has 1 aliphatic heterocycles. The minimum atomic E-state index is -3.84. The Morgan fingerprint density at radius 3 is 2.50 bits per heavy atom. The maximum Gasteiger partial charge on any atom is 0.265 e. The predicted molar refractivity (Wildman–Crippen MR) is 116 cm³/mol. The summed E-state index contributed by atoms with van der Waals surface area (Å²) < 4.78 is 33.1. The number of benzene rings is 3. The van der Waals surface area contributed by atoms with E-state index in [-0.39, 0.29) is 23.9 Å². The molecule has 0 saturated heterocycles. The van der Waals surface area contributed by atoms with Crippen LogP contribution in [0.3, 0.4) is 0 Å². The normalized spacial score (nSPS) is 13.8. The van der Waals surface area contributed by atoms with Crippen molar-refractivity contribution in [1.82, 2.24) is 5.32 Å². The molecular weight excluding hydrogens is 400 g/mol. The number of rotatable bonds is 6. The van der Waals surface area contributed by atoms with E-state index in [2.05, 4.69) is 5.32 Å². The number of para-hydroxylation sites is 1. The predicted octanol–water partition coefficient (Wildman–Crippen LogP) is 3.58. The van der Waals surface area contributed by atoms with Crippen LogP contribution >= 0.6 is 0 Å². The summed E-state index contributed by atoms with van der Waals surface area (Å²) in [6, 6.07) is 21.5. The zero-order valence-corrected chi connectivity index (χ0v) is 17.4. The zero-order chi connectivity index (χ0) is 21.1. The molecule has 0 aliphatic carbocycles. The molecule has 1 N–H and O–H groups in total. The van der Waals surface area contributed by atoms with Crippen molar-refractivity contribution >= 4 is 21.6 Å². The Kier molecular flexibility index (Phi) is 5.46. The van der Waals surface area contributed by atoms with E-state index < -0.39 is 10.0 Å². The van der Waals surface area contributed by atoms with Gasteiger partial charge in [-0.2, -0.15) is 0 Å². The molecule has 0 aromatic heterocycles. The molecule has 3 aromatic rings. The van der Waals surface area contributed by atoms with Gasteiger partial charge in [0.05, 0.1) is 17.2 Å². The Labute approximate surface area is 176 Å². The first-order valence-electron chi connectivity index (χ1n) is 9.70. The number of hydrogen-bond donors (Lipinski definition) is 1.